The van der Waals surface area contributed by atoms with Crippen LogP contribution in [0.5, 0.6) is 5.75 Å². The fourth-order valence-corrected chi connectivity index (χ4v) is 4.45. The van der Waals surface area contributed by atoms with Crippen LogP contribution in [0.25, 0.3) is 16.5 Å². The third-order valence-corrected chi connectivity index (χ3v) is 5.99. The lowest BCUT2D eigenvalue weighted by Gasteiger charge is -2.11. The van der Waals surface area contributed by atoms with Crippen molar-refractivity contribution in [1.82, 2.24) is 0 Å². The molecule has 1 amide bonds. The standard InChI is InChI=1S/C24H24BrNO3/c1-14(11-24(27)26-20-9-8-16(25)10-15(20)2)18-12-19-17-6-4-5-7-21(17)29-23(19)13-22(18)28-3/h8-13H,4-7H2,1-3H3,(H,26,27)/b14-11+. The molecule has 0 unspecified atom stereocenters. The Morgan fingerprint density at radius 1 is 1.21 bits per heavy atom. The number of aryl methyl sites for hydroxylation is 3. The van der Waals surface area contributed by atoms with Crippen LogP contribution < -0.4 is 10.1 Å². The number of nitrogens with one attached hydrogen (secondary N) is 1. The van der Waals surface area contributed by atoms with Crippen LogP contribution in [0.3, 0.4) is 0 Å². The Bertz CT molecular complexity index is 1130. The molecule has 3 aromatic rings. The van der Waals surface area contributed by atoms with Crippen molar-refractivity contribution >= 4 is 44.1 Å². The highest BCUT2D eigenvalue weighted by atomic mass is 79.9. The summed E-state index contributed by atoms with van der Waals surface area (Å²) in [6, 6.07) is 9.83. The molecule has 1 aromatic heterocycles. The molecule has 0 radical (unpaired) electrons. The molecule has 1 N–H and O–H groups in total. The highest BCUT2D eigenvalue weighted by Gasteiger charge is 2.20. The molecule has 4 rings (SSSR count). The van der Waals surface area contributed by atoms with Crippen molar-refractivity contribution in [3.05, 3.63) is 63.3 Å². The summed E-state index contributed by atoms with van der Waals surface area (Å²) in [7, 11) is 1.64. The molecule has 0 atom stereocenters. The van der Waals surface area contributed by atoms with Crippen LogP contribution in [0.2, 0.25) is 0 Å². The zero-order valence-corrected chi connectivity index (χ0v) is 18.5. The van der Waals surface area contributed by atoms with Gasteiger partial charge >= 0.3 is 0 Å². The SMILES string of the molecule is COc1cc2oc3c(c2cc1/C(C)=C/C(=O)Nc1ccc(Br)cc1C)CCCC3. The Hall–Kier alpha value is -2.53. The number of ether oxygens (including phenoxy) is 1. The maximum absolute atomic E-state index is 12.6. The van der Waals surface area contributed by atoms with Crippen LogP contribution in [0.15, 0.2) is 45.3 Å². The van der Waals surface area contributed by atoms with E-state index in [-0.39, 0.29) is 5.91 Å². The number of allylic oxidation sites excluding steroid dienone is 1. The molecule has 1 heterocycles. The zero-order chi connectivity index (χ0) is 20.5. The van der Waals surface area contributed by atoms with Crippen LogP contribution in [0.4, 0.5) is 5.69 Å². The minimum atomic E-state index is -0.163. The second kappa shape index (κ2) is 8.07. The lowest BCUT2D eigenvalue weighted by Crippen LogP contribution is -2.09. The van der Waals surface area contributed by atoms with Crippen LogP contribution in [-0.4, -0.2) is 13.0 Å². The van der Waals surface area contributed by atoms with Gasteiger partial charge < -0.3 is 14.5 Å². The van der Waals surface area contributed by atoms with Gasteiger partial charge in [-0.25, -0.2) is 0 Å². The summed E-state index contributed by atoms with van der Waals surface area (Å²) in [6.07, 6.45) is 6.02. The third kappa shape index (κ3) is 3.97. The number of benzene rings is 2. The summed E-state index contributed by atoms with van der Waals surface area (Å²) in [5.74, 6) is 1.64. The van der Waals surface area contributed by atoms with E-state index in [0.29, 0.717) is 5.75 Å². The first-order chi connectivity index (χ1) is 14.0. The van der Waals surface area contributed by atoms with E-state index in [1.165, 1.54) is 18.4 Å². The predicted molar refractivity (Wildman–Crippen MR) is 121 cm³/mol. The van der Waals surface area contributed by atoms with Crippen molar-refractivity contribution in [2.75, 3.05) is 12.4 Å². The normalized spacial score (nSPS) is 14.0. The number of rotatable bonds is 4. The molecule has 5 heteroatoms. The van der Waals surface area contributed by atoms with Gasteiger partial charge in [-0.05, 0) is 68.5 Å². The van der Waals surface area contributed by atoms with Gasteiger partial charge in [-0.2, -0.15) is 0 Å². The first-order valence-corrected chi connectivity index (χ1v) is 10.6. The lowest BCUT2D eigenvalue weighted by molar-refractivity contribution is -0.111. The summed E-state index contributed by atoms with van der Waals surface area (Å²) in [4.78, 5) is 12.6. The van der Waals surface area contributed by atoms with Crippen LogP contribution in [-0.2, 0) is 17.6 Å². The van der Waals surface area contributed by atoms with E-state index in [1.807, 2.05) is 38.1 Å². The summed E-state index contributed by atoms with van der Waals surface area (Å²) in [5.41, 5.74) is 5.73. The van der Waals surface area contributed by atoms with Crippen LogP contribution in [0, 0.1) is 6.92 Å². The zero-order valence-electron chi connectivity index (χ0n) is 16.9. The van der Waals surface area contributed by atoms with Crippen molar-refractivity contribution in [2.24, 2.45) is 0 Å². The molecule has 0 aliphatic heterocycles. The van der Waals surface area contributed by atoms with Crippen molar-refractivity contribution in [2.45, 2.75) is 39.5 Å². The molecule has 2 aromatic carbocycles. The minimum absolute atomic E-state index is 0.163. The number of carbonyl (C=O) groups is 1. The molecular formula is C24H24BrNO3. The molecule has 0 saturated carbocycles. The fourth-order valence-electron chi connectivity index (χ4n) is 3.98. The molecule has 1 aliphatic carbocycles. The van der Waals surface area contributed by atoms with Crippen molar-refractivity contribution in [1.29, 1.82) is 0 Å². The maximum atomic E-state index is 12.6. The summed E-state index contributed by atoms with van der Waals surface area (Å²) in [6.45, 7) is 3.90. The Labute approximate surface area is 179 Å². The van der Waals surface area contributed by atoms with Gasteiger partial charge in [0.05, 0.1) is 7.11 Å². The molecule has 0 bridgehead atoms. The molecule has 4 nitrogen and oxygen atoms in total. The van der Waals surface area contributed by atoms with Gasteiger partial charge in [0.1, 0.15) is 17.1 Å². The van der Waals surface area contributed by atoms with Gasteiger partial charge in [-0.3, -0.25) is 4.79 Å². The third-order valence-electron chi connectivity index (χ3n) is 5.50. The number of methoxy groups -OCH3 is 1. The number of anilines is 1. The number of amides is 1. The highest BCUT2D eigenvalue weighted by molar-refractivity contribution is 9.10. The van der Waals surface area contributed by atoms with E-state index in [9.17, 15) is 4.79 Å². The maximum Gasteiger partial charge on any atom is 0.248 e. The van der Waals surface area contributed by atoms with E-state index in [2.05, 4.69) is 27.3 Å². The predicted octanol–water partition coefficient (Wildman–Crippen LogP) is 6.43. The first-order valence-electron chi connectivity index (χ1n) is 9.84. The average Bonchev–Trinajstić information content (AvgIpc) is 3.06. The van der Waals surface area contributed by atoms with Gasteiger partial charge in [0, 0.05) is 45.2 Å². The largest absolute Gasteiger partial charge is 0.496 e. The number of fused-ring (bicyclic) bond motifs is 3. The molecule has 0 spiro atoms. The average molecular weight is 454 g/mol. The van der Waals surface area contributed by atoms with Crippen molar-refractivity contribution in [3.8, 4) is 5.75 Å². The Morgan fingerprint density at radius 2 is 2.00 bits per heavy atom. The Balaban J connectivity index is 1.67. The van der Waals surface area contributed by atoms with Gasteiger partial charge in [0.25, 0.3) is 0 Å². The fraction of sp³-hybridized carbons (Fsp3) is 0.292. The van der Waals surface area contributed by atoms with Crippen molar-refractivity contribution in [3.63, 3.8) is 0 Å². The van der Waals surface area contributed by atoms with E-state index < -0.39 is 0 Å². The Kier molecular flexibility index (Phi) is 5.50. The highest BCUT2D eigenvalue weighted by Crippen LogP contribution is 2.37. The van der Waals surface area contributed by atoms with E-state index in [4.69, 9.17) is 9.15 Å². The lowest BCUT2D eigenvalue weighted by atomic mass is 9.94. The van der Waals surface area contributed by atoms with Gasteiger partial charge in [0.2, 0.25) is 5.91 Å². The molecule has 0 fully saturated rings. The second-order valence-electron chi connectivity index (χ2n) is 7.54. The number of hydrogen-bond donors (Lipinski definition) is 1. The second-order valence-corrected chi connectivity index (χ2v) is 8.45. The summed E-state index contributed by atoms with van der Waals surface area (Å²) >= 11 is 3.45. The smallest absolute Gasteiger partial charge is 0.248 e. The Morgan fingerprint density at radius 3 is 2.76 bits per heavy atom. The van der Waals surface area contributed by atoms with E-state index in [1.54, 1.807) is 13.2 Å². The molecular weight excluding hydrogens is 430 g/mol. The molecule has 0 saturated heterocycles. The minimum Gasteiger partial charge on any atom is -0.496 e. The quantitative estimate of drug-likeness (QED) is 0.462. The number of halogens is 1. The van der Waals surface area contributed by atoms with Gasteiger partial charge in [-0.1, -0.05) is 15.9 Å². The van der Waals surface area contributed by atoms with Crippen LogP contribution >= 0.6 is 15.9 Å². The molecule has 29 heavy (non-hydrogen) atoms. The topological polar surface area (TPSA) is 51.5 Å². The molecule has 1 aliphatic rings. The van der Waals surface area contributed by atoms with E-state index >= 15 is 0 Å². The number of carbonyl (C=O) groups excluding carboxylic acids is 1. The van der Waals surface area contributed by atoms with E-state index in [0.717, 1.165) is 56.4 Å². The van der Waals surface area contributed by atoms with Gasteiger partial charge in [-0.15, -0.1) is 0 Å². The van der Waals surface area contributed by atoms with Gasteiger partial charge in [0.15, 0.2) is 0 Å². The number of hydrogen-bond acceptors (Lipinski definition) is 3. The van der Waals surface area contributed by atoms with Crippen LogP contribution in [0.1, 0.15) is 42.2 Å². The summed E-state index contributed by atoms with van der Waals surface area (Å²) in [5, 5.41) is 4.09. The van der Waals surface area contributed by atoms with Crippen molar-refractivity contribution < 1.29 is 13.9 Å². The monoisotopic (exact) mass is 453 g/mol. The first kappa shape index (κ1) is 19.8. The summed E-state index contributed by atoms with van der Waals surface area (Å²) < 4.78 is 12.7. The number of furan rings is 1. The molecule has 150 valence electrons.